The molecule has 0 saturated carbocycles. The predicted molar refractivity (Wildman–Crippen MR) is 65.0 cm³/mol. The molecule has 0 amide bonds. The van der Waals surface area contributed by atoms with Crippen molar-refractivity contribution >= 4 is 29.3 Å². The van der Waals surface area contributed by atoms with Crippen LogP contribution in [0.2, 0.25) is 0 Å². The first-order valence-electron chi connectivity index (χ1n) is 4.98. The third-order valence-electron chi connectivity index (χ3n) is 2.30. The van der Waals surface area contributed by atoms with Crippen molar-refractivity contribution in [2.45, 2.75) is 6.42 Å². The van der Waals surface area contributed by atoms with Gasteiger partial charge in [-0.15, -0.1) is 0 Å². The number of anilines is 3. The molecular formula is C9H15N5S. The average Bonchev–Trinajstić information content (AvgIpc) is 2.43. The Bertz CT molecular complexity index is 315. The van der Waals surface area contributed by atoms with Gasteiger partial charge in [0.1, 0.15) is 11.6 Å². The average molecular weight is 225 g/mol. The summed E-state index contributed by atoms with van der Waals surface area (Å²) in [7, 11) is 0. The van der Waals surface area contributed by atoms with Crippen LogP contribution in [0, 0.1) is 0 Å². The molecule has 6 heteroatoms. The first-order chi connectivity index (χ1) is 7.25. The molecule has 1 aliphatic rings. The van der Waals surface area contributed by atoms with Gasteiger partial charge in [0.2, 0.25) is 5.95 Å². The number of nitrogen functional groups attached to an aromatic ring is 2. The molecule has 0 radical (unpaired) electrons. The lowest BCUT2D eigenvalue weighted by Gasteiger charge is -2.21. The van der Waals surface area contributed by atoms with Gasteiger partial charge >= 0.3 is 0 Å². The second-order valence-electron chi connectivity index (χ2n) is 3.46. The van der Waals surface area contributed by atoms with Crippen molar-refractivity contribution in [1.29, 1.82) is 0 Å². The molecule has 2 heterocycles. The summed E-state index contributed by atoms with van der Waals surface area (Å²) in [4.78, 5) is 10.3. The lowest BCUT2D eigenvalue weighted by Crippen LogP contribution is -2.27. The molecule has 0 spiro atoms. The van der Waals surface area contributed by atoms with Gasteiger partial charge in [-0.3, -0.25) is 0 Å². The molecule has 0 aromatic carbocycles. The molecule has 5 nitrogen and oxygen atoms in total. The van der Waals surface area contributed by atoms with Gasteiger partial charge < -0.3 is 16.4 Å². The molecule has 0 aliphatic carbocycles. The van der Waals surface area contributed by atoms with E-state index in [-0.39, 0.29) is 5.95 Å². The summed E-state index contributed by atoms with van der Waals surface area (Å²) in [5.41, 5.74) is 11.2. The SMILES string of the molecule is Nc1cc(N2CCCSCC2)nc(N)n1. The Morgan fingerprint density at radius 2 is 2.07 bits per heavy atom. The second-order valence-corrected chi connectivity index (χ2v) is 4.69. The van der Waals surface area contributed by atoms with Crippen molar-refractivity contribution in [3.8, 4) is 0 Å². The fourth-order valence-electron chi connectivity index (χ4n) is 1.61. The van der Waals surface area contributed by atoms with Crippen LogP contribution in [0.4, 0.5) is 17.6 Å². The van der Waals surface area contributed by atoms with Crippen molar-refractivity contribution in [1.82, 2.24) is 9.97 Å². The van der Waals surface area contributed by atoms with E-state index >= 15 is 0 Å². The molecule has 0 bridgehead atoms. The maximum Gasteiger partial charge on any atom is 0.223 e. The first-order valence-corrected chi connectivity index (χ1v) is 6.14. The number of aromatic nitrogens is 2. The Morgan fingerprint density at radius 1 is 1.20 bits per heavy atom. The highest BCUT2D eigenvalue weighted by Gasteiger charge is 2.12. The summed E-state index contributed by atoms with van der Waals surface area (Å²) < 4.78 is 0. The largest absolute Gasteiger partial charge is 0.383 e. The maximum atomic E-state index is 5.64. The van der Waals surface area contributed by atoms with E-state index in [1.54, 1.807) is 6.07 Å². The van der Waals surface area contributed by atoms with Crippen LogP contribution in [-0.4, -0.2) is 34.6 Å². The van der Waals surface area contributed by atoms with E-state index in [4.69, 9.17) is 11.5 Å². The standard InChI is InChI=1S/C9H15N5S/c10-7-6-8(13-9(11)12-7)14-2-1-4-15-5-3-14/h6H,1-5H2,(H4,10,11,12,13). The molecule has 0 atom stereocenters. The third kappa shape index (κ3) is 2.65. The predicted octanol–water partition coefficient (Wildman–Crippen LogP) is 0.584. The van der Waals surface area contributed by atoms with Crippen LogP contribution in [0.1, 0.15) is 6.42 Å². The van der Waals surface area contributed by atoms with Gasteiger partial charge in [-0.1, -0.05) is 0 Å². The Labute approximate surface area is 93.3 Å². The zero-order chi connectivity index (χ0) is 10.7. The fraction of sp³-hybridized carbons (Fsp3) is 0.556. The molecule has 0 unspecified atom stereocenters. The van der Waals surface area contributed by atoms with Gasteiger partial charge in [-0.2, -0.15) is 21.7 Å². The molecule has 1 aromatic heterocycles. The van der Waals surface area contributed by atoms with E-state index in [9.17, 15) is 0 Å². The van der Waals surface area contributed by atoms with E-state index in [2.05, 4.69) is 14.9 Å². The highest BCUT2D eigenvalue weighted by molar-refractivity contribution is 7.99. The van der Waals surface area contributed by atoms with Crippen molar-refractivity contribution in [3.63, 3.8) is 0 Å². The van der Waals surface area contributed by atoms with Crippen LogP contribution in [0.15, 0.2) is 6.07 Å². The second kappa shape index (κ2) is 4.57. The van der Waals surface area contributed by atoms with Crippen molar-refractivity contribution < 1.29 is 0 Å². The summed E-state index contributed by atoms with van der Waals surface area (Å²) >= 11 is 1.97. The van der Waals surface area contributed by atoms with Crippen molar-refractivity contribution in [2.24, 2.45) is 0 Å². The summed E-state index contributed by atoms with van der Waals surface area (Å²) in [6.45, 7) is 2.02. The molecule has 15 heavy (non-hydrogen) atoms. The Balaban J connectivity index is 2.19. The molecule has 2 rings (SSSR count). The fourth-order valence-corrected chi connectivity index (χ4v) is 2.50. The van der Waals surface area contributed by atoms with Gasteiger partial charge in [0, 0.05) is 24.9 Å². The lowest BCUT2D eigenvalue weighted by atomic mass is 10.4. The minimum atomic E-state index is 0.252. The summed E-state index contributed by atoms with van der Waals surface area (Å²) in [6.07, 6.45) is 1.18. The summed E-state index contributed by atoms with van der Waals surface area (Å²) in [6, 6.07) is 1.78. The number of thioether (sulfide) groups is 1. The van der Waals surface area contributed by atoms with E-state index in [1.807, 2.05) is 11.8 Å². The van der Waals surface area contributed by atoms with E-state index in [1.165, 1.54) is 12.2 Å². The quantitative estimate of drug-likeness (QED) is 0.728. The lowest BCUT2D eigenvalue weighted by molar-refractivity contribution is 0.800. The monoisotopic (exact) mass is 225 g/mol. The molecule has 1 aliphatic heterocycles. The van der Waals surface area contributed by atoms with E-state index < -0.39 is 0 Å². The van der Waals surface area contributed by atoms with Gasteiger partial charge in [-0.05, 0) is 12.2 Å². The van der Waals surface area contributed by atoms with E-state index in [0.717, 1.165) is 24.7 Å². The first kappa shape index (κ1) is 10.4. The van der Waals surface area contributed by atoms with Crippen molar-refractivity contribution in [2.75, 3.05) is 41.0 Å². The number of nitrogens with zero attached hydrogens (tertiary/aromatic N) is 3. The van der Waals surface area contributed by atoms with Crippen LogP contribution in [-0.2, 0) is 0 Å². The normalized spacial score (nSPS) is 17.5. The van der Waals surface area contributed by atoms with Crippen LogP contribution in [0.25, 0.3) is 0 Å². The smallest absolute Gasteiger partial charge is 0.223 e. The van der Waals surface area contributed by atoms with Gasteiger partial charge in [0.15, 0.2) is 0 Å². The highest BCUT2D eigenvalue weighted by atomic mass is 32.2. The molecule has 1 fully saturated rings. The third-order valence-corrected chi connectivity index (χ3v) is 3.34. The molecule has 4 N–H and O–H groups in total. The Hall–Kier alpha value is -1.17. The topological polar surface area (TPSA) is 81.1 Å². The zero-order valence-electron chi connectivity index (χ0n) is 8.52. The molecule has 82 valence electrons. The van der Waals surface area contributed by atoms with Crippen LogP contribution >= 0.6 is 11.8 Å². The summed E-state index contributed by atoms with van der Waals surface area (Å²) in [5, 5.41) is 0. The van der Waals surface area contributed by atoms with Gasteiger partial charge in [-0.25, -0.2) is 0 Å². The van der Waals surface area contributed by atoms with Crippen molar-refractivity contribution in [3.05, 3.63) is 6.07 Å². The van der Waals surface area contributed by atoms with Crippen LogP contribution in [0.3, 0.4) is 0 Å². The number of hydrogen-bond donors (Lipinski definition) is 2. The number of hydrogen-bond acceptors (Lipinski definition) is 6. The molecule has 1 aromatic rings. The maximum absolute atomic E-state index is 5.64. The van der Waals surface area contributed by atoms with E-state index in [0.29, 0.717) is 5.82 Å². The van der Waals surface area contributed by atoms with Crippen LogP contribution < -0.4 is 16.4 Å². The zero-order valence-corrected chi connectivity index (χ0v) is 9.33. The van der Waals surface area contributed by atoms with Gasteiger partial charge in [0.25, 0.3) is 0 Å². The summed E-state index contributed by atoms with van der Waals surface area (Å²) in [5.74, 6) is 3.88. The number of nitrogens with two attached hydrogens (primary N) is 2. The Kier molecular flexibility index (Phi) is 3.15. The minimum Gasteiger partial charge on any atom is -0.383 e. The van der Waals surface area contributed by atoms with Crippen LogP contribution in [0.5, 0.6) is 0 Å². The highest BCUT2D eigenvalue weighted by Crippen LogP contribution is 2.19. The molecule has 1 saturated heterocycles. The number of rotatable bonds is 1. The molecular weight excluding hydrogens is 210 g/mol. The minimum absolute atomic E-state index is 0.252. The van der Waals surface area contributed by atoms with Gasteiger partial charge in [0.05, 0.1) is 0 Å². The Morgan fingerprint density at radius 3 is 2.87 bits per heavy atom.